The number of methoxy groups -OCH3 is 1. The Morgan fingerprint density at radius 1 is 1.32 bits per heavy atom. The van der Waals surface area contributed by atoms with E-state index in [1.807, 2.05) is 6.92 Å². The Balaban J connectivity index is 2.76. The fourth-order valence-electron chi connectivity index (χ4n) is 1.85. The van der Waals surface area contributed by atoms with E-state index in [4.69, 9.17) is 4.74 Å². The number of hydrogen-bond acceptors (Lipinski definition) is 2. The Bertz CT molecular complexity index is 409. The predicted molar refractivity (Wildman–Crippen MR) is 72.3 cm³/mol. The van der Waals surface area contributed by atoms with Crippen molar-refractivity contribution in [3.8, 4) is 5.75 Å². The lowest BCUT2D eigenvalue weighted by Gasteiger charge is -2.23. The summed E-state index contributed by atoms with van der Waals surface area (Å²) in [7, 11) is 1.55. The molecule has 0 heterocycles. The van der Waals surface area contributed by atoms with Crippen molar-refractivity contribution >= 4 is 15.9 Å². The van der Waals surface area contributed by atoms with Gasteiger partial charge in [-0.15, -0.1) is 0 Å². The van der Waals surface area contributed by atoms with Crippen LogP contribution < -0.4 is 4.74 Å². The molecule has 0 aliphatic carbocycles. The zero-order chi connectivity index (χ0) is 14.5. The molecule has 0 saturated carbocycles. The first-order valence-electron chi connectivity index (χ1n) is 5.97. The lowest BCUT2D eigenvalue weighted by molar-refractivity contribution is -0.147. The van der Waals surface area contributed by atoms with Crippen LogP contribution in [0.5, 0.6) is 5.75 Å². The highest BCUT2D eigenvalue weighted by atomic mass is 79.9. The van der Waals surface area contributed by atoms with E-state index in [2.05, 4.69) is 15.9 Å². The van der Waals surface area contributed by atoms with Gasteiger partial charge in [-0.1, -0.05) is 13.0 Å². The molecule has 0 N–H and O–H groups in total. The Morgan fingerprint density at radius 3 is 2.47 bits per heavy atom. The summed E-state index contributed by atoms with van der Waals surface area (Å²) in [5.74, 6) is 0.668. The molecule has 1 aromatic carbocycles. The first-order chi connectivity index (χ1) is 8.85. The molecule has 0 fully saturated rings. The summed E-state index contributed by atoms with van der Waals surface area (Å²) in [6.07, 6.45) is -3.48. The second-order valence-electron chi connectivity index (χ2n) is 4.29. The van der Waals surface area contributed by atoms with Gasteiger partial charge in [-0.25, -0.2) is 0 Å². The van der Waals surface area contributed by atoms with Crippen molar-refractivity contribution in [2.24, 2.45) is 0 Å². The van der Waals surface area contributed by atoms with E-state index in [1.165, 1.54) is 4.90 Å². The molecule has 0 aliphatic rings. The highest BCUT2D eigenvalue weighted by molar-refractivity contribution is 9.10. The molecule has 1 aromatic rings. The fourth-order valence-corrected chi connectivity index (χ4v) is 2.44. The molecule has 0 saturated heterocycles. The quantitative estimate of drug-likeness (QED) is 0.768. The van der Waals surface area contributed by atoms with Gasteiger partial charge in [0.05, 0.1) is 18.1 Å². The van der Waals surface area contributed by atoms with E-state index in [-0.39, 0.29) is 6.54 Å². The van der Waals surface area contributed by atoms with Crippen molar-refractivity contribution < 1.29 is 17.9 Å². The van der Waals surface area contributed by atoms with Gasteiger partial charge in [0.25, 0.3) is 0 Å². The molecule has 0 unspecified atom stereocenters. The lowest BCUT2D eigenvalue weighted by atomic mass is 10.2. The van der Waals surface area contributed by atoms with Gasteiger partial charge < -0.3 is 4.74 Å². The summed E-state index contributed by atoms with van der Waals surface area (Å²) in [6, 6.07) is 5.32. The third-order valence-corrected chi connectivity index (χ3v) is 3.18. The summed E-state index contributed by atoms with van der Waals surface area (Å²) < 4.78 is 43.2. The molecule has 0 spiro atoms. The minimum Gasteiger partial charge on any atom is -0.496 e. The monoisotopic (exact) mass is 339 g/mol. The molecule has 0 atom stereocenters. The zero-order valence-electron chi connectivity index (χ0n) is 10.9. The smallest absolute Gasteiger partial charge is 0.401 e. The fraction of sp³-hybridized carbons (Fsp3) is 0.538. The maximum Gasteiger partial charge on any atom is 0.401 e. The molecule has 0 bridgehead atoms. The summed E-state index contributed by atoms with van der Waals surface area (Å²) in [5.41, 5.74) is 0.824. The molecule has 6 heteroatoms. The SMILES string of the molecule is CCCN(Cc1ccc(OC)c(Br)c1)CC(F)(F)F. The molecule has 0 radical (unpaired) electrons. The molecule has 0 amide bonds. The maximum absolute atomic E-state index is 12.5. The minimum absolute atomic E-state index is 0.274. The highest BCUT2D eigenvalue weighted by Gasteiger charge is 2.30. The summed E-state index contributed by atoms with van der Waals surface area (Å²) in [5, 5.41) is 0. The number of benzene rings is 1. The number of alkyl halides is 3. The van der Waals surface area contributed by atoms with Crippen molar-refractivity contribution in [3.05, 3.63) is 28.2 Å². The number of hydrogen-bond donors (Lipinski definition) is 0. The Morgan fingerprint density at radius 2 is 2.00 bits per heavy atom. The van der Waals surface area contributed by atoms with Gasteiger partial charge in [-0.2, -0.15) is 13.2 Å². The summed E-state index contributed by atoms with van der Waals surface area (Å²) in [6.45, 7) is 1.68. The van der Waals surface area contributed by atoms with Crippen LogP contribution in [0.1, 0.15) is 18.9 Å². The Labute approximate surface area is 119 Å². The van der Waals surface area contributed by atoms with Gasteiger partial charge in [0.1, 0.15) is 5.75 Å². The highest BCUT2D eigenvalue weighted by Crippen LogP contribution is 2.26. The molecule has 0 aliphatic heterocycles. The van der Waals surface area contributed by atoms with Crippen LogP contribution in [-0.4, -0.2) is 31.3 Å². The second kappa shape index (κ2) is 7.14. The zero-order valence-corrected chi connectivity index (χ0v) is 12.5. The van der Waals surface area contributed by atoms with Crippen molar-refractivity contribution in [1.29, 1.82) is 0 Å². The van der Waals surface area contributed by atoms with Gasteiger partial charge in [0, 0.05) is 6.54 Å². The third kappa shape index (κ3) is 5.82. The van der Waals surface area contributed by atoms with E-state index in [0.717, 1.165) is 10.0 Å². The summed E-state index contributed by atoms with van der Waals surface area (Å²) in [4.78, 5) is 1.40. The minimum atomic E-state index is -4.17. The van der Waals surface area contributed by atoms with E-state index < -0.39 is 12.7 Å². The van der Waals surface area contributed by atoms with Crippen LogP contribution in [0.3, 0.4) is 0 Å². The number of halogens is 4. The van der Waals surface area contributed by atoms with E-state index in [9.17, 15) is 13.2 Å². The van der Waals surface area contributed by atoms with Gasteiger partial charge in [-0.3, -0.25) is 4.90 Å². The van der Waals surface area contributed by atoms with Crippen LogP contribution in [0.25, 0.3) is 0 Å². The van der Waals surface area contributed by atoms with Crippen molar-refractivity contribution in [2.45, 2.75) is 26.1 Å². The van der Waals surface area contributed by atoms with Crippen molar-refractivity contribution in [2.75, 3.05) is 20.2 Å². The third-order valence-electron chi connectivity index (χ3n) is 2.57. The average molecular weight is 340 g/mol. The molecular formula is C13H17BrF3NO. The number of ether oxygens (including phenoxy) is 1. The Kier molecular flexibility index (Phi) is 6.13. The normalized spacial score (nSPS) is 11.9. The largest absolute Gasteiger partial charge is 0.496 e. The van der Waals surface area contributed by atoms with E-state index in [0.29, 0.717) is 18.7 Å². The molecule has 2 nitrogen and oxygen atoms in total. The van der Waals surface area contributed by atoms with Crippen molar-refractivity contribution in [1.82, 2.24) is 4.90 Å². The first kappa shape index (κ1) is 16.3. The topological polar surface area (TPSA) is 12.5 Å². The van der Waals surface area contributed by atoms with E-state index >= 15 is 0 Å². The van der Waals surface area contributed by atoms with Crippen LogP contribution in [0.4, 0.5) is 13.2 Å². The molecule has 1 rings (SSSR count). The van der Waals surface area contributed by atoms with Gasteiger partial charge in [-0.05, 0) is 46.6 Å². The van der Waals surface area contributed by atoms with Crippen LogP contribution in [0.2, 0.25) is 0 Å². The number of nitrogens with zero attached hydrogens (tertiary/aromatic N) is 1. The van der Waals surface area contributed by atoms with Crippen LogP contribution >= 0.6 is 15.9 Å². The second-order valence-corrected chi connectivity index (χ2v) is 5.15. The molecular weight excluding hydrogens is 323 g/mol. The maximum atomic E-state index is 12.5. The average Bonchev–Trinajstić information content (AvgIpc) is 2.27. The van der Waals surface area contributed by atoms with Crippen LogP contribution in [0.15, 0.2) is 22.7 Å². The van der Waals surface area contributed by atoms with Gasteiger partial charge in [0.2, 0.25) is 0 Å². The first-order valence-corrected chi connectivity index (χ1v) is 6.76. The molecule has 19 heavy (non-hydrogen) atoms. The van der Waals surface area contributed by atoms with Crippen LogP contribution in [-0.2, 0) is 6.54 Å². The van der Waals surface area contributed by atoms with Gasteiger partial charge >= 0.3 is 6.18 Å². The van der Waals surface area contributed by atoms with E-state index in [1.54, 1.807) is 25.3 Å². The van der Waals surface area contributed by atoms with Crippen LogP contribution in [0, 0.1) is 0 Å². The molecule has 0 aromatic heterocycles. The molecule has 108 valence electrons. The standard InChI is InChI=1S/C13H17BrF3NO/c1-3-6-18(9-13(15,16)17)8-10-4-5-12(19-2)11(14)7-10/h4-5,7H,3,6,8-9H2,1-2H3. The van der Waals surface area contributed by atoms with Gasteiger partial charge in [0.15, 0.2) is 0 Å². The Hall–Kier alpha value is -0.750. The predicted octanol–water partition coefficient (Wildman–Crippen LogP) is 4.23. The van der Waals surface area contributed by atoms with Crippen molar-refractivity contribution in [3.63, 3.8) is 0 Å². The summed E-state index contributed by atoms with van der Waals surface area (Å²) >= 11 is 3.33. The number of rotatable bonds is 6. The lowest BCUT2D eigenvalue weighted by Crippen LogP contribution is -2.34.